The molecule has 12 heteroatoms. The lowest BCUT2D eigenvalue weighted by molar-refractivity contribution is 0.669. The molecule has 0 aliphatic rings. The summed E-state index contributed by atoms with van der Waals surface area (Å²) in [6.07, 6.45) is 0. The Hall–Kier alpha value is -18.4. The Kier molecular flexibility index (Phi) is 19.3. The maximum atomic E-state index is 6.74. The normalized spacial score (nSPS) is 11.8. The highest BCUT2D eigenvalue weighted by atomic mass is 32.1. The van der Waals surface area contributed by atoms with Crippen LogP contribution < -0.4 is 0 Å². The first kappa shape index (κ1) is 81.2. The van der Waals surface area contributed by atoms with Crippen molar-refractivity contribution in [1.29, 1.82) is 0 Å². The van der Waals surface area contributed by atoms with Gasteiger partial charge in [-0.25, -0.2) is 29.9 Å². The molecule has 8 aromatic heterocycles. The molecule has 0 N–H and O–H groups in total. The van der Waals surface area contributed by atoms with Crippen molar-refractivity contribution >= 4 is 141 Å². The number of fused-ring (bicyclic) bond motifs is 18. The van der Waals surface area contributed by atoms with Gasteiger partial charge in [0.25, 0.3) is 0 Å². The van der Waals surface area contributed by atoms with Gasteiger partial charge in [0.1, 0.15) is 11.2 Å². The number of aromatic nitrogens is 10. The highest BCUT2D eigenvalue weighted by molar-refractivity contribution is 7.26. The Morgan fingerprint density at radius 3 is 0.886 bits per heavy atom. The average Bonchev–Trinajstić information content (AvgIpc) is 1.57. The van der Waals surface area contributed by atoms with Crippen LogP contribution in [0.3, 0.4) is 0 Å². The second-order valence-corrected chi connectivity index (χ2v) is 37.1. The minimum atomic E-state index is 0.561. The number of benzene rings is 20. The van der Waals surface area contributed by atoms with E-state index in [4.69, 9.17) is 34.3 Å². The van der Waals surface area contributed by atoms with E-state index >= 15 is 0 Å². The minimum Gasteiger partial charge on any atom is -0.455 e. The maximum Gasteiger partial charge on any atom is 0.167 e. The van der Waals surface area contributed by atoms with E-state index in [-0.39, 0.29) is 0 Å². The van der Waals surface area contributed by atoms with Gasteiger partial charge in [-0.15, -0.1) is 11.3 Å². The molecule has 0 aliphatic heterocycles. The van der Waals surface area contributed by atoms with Crippen LogP contribution in [0.5, 0.6) is 0 Å². The van der Waals surface area contributed by atoms with Crippen LogP contribution in [0.25, 0.3) is 265 Å². The number of furan rings is 1. The Bertz CT molecular complexity index is 9730. The van der Waals surface area contributed by atoms with E-state index in [0.717, 1.165) is 88.0 Å². The molecule has 0 spiro atoms. The number of hydrogen-bond acceptors (Lipinski definition) is 8. The minimum absolute atomic E-state index is 0.561. The van der Waals surface area contributed by atoms with E-state index in [1.165, 1.54) is 153 Å². The summed E-state index contributed by atoms with van der Waals surface area (Å²) in [4.78, 5) is 30.2. The first-order valence-electron chi connectivity index (χ1n) is 47.3. The lowest BCUT2D eigenvalue weighted by Crippen LogP contribution is -2.00. The summed E-state index contributed by atoms with van der Waals surface area (Å²) in [5.41, 5.74) is 33.0. The summed E-state index contributed by atoms with van der Waals surface area (Å²) in [6.45, 7) is 4.38. The molecule has 0 aliphatic carbocycles. The zero-order valence-corrected chi connectivity index (χ0v) is 77.0. The fraction of sp³-hybridized carbons (Fsp3) is 0.0156. The van der Waals surface area contributed by atoms with Gasteiger partial charge in [-0.2, -0.15) is 0 Å². The molecule has 8 heterocycles. The quantitative estimate of drug-likeness (QED) is 0.107. The smallest absolute Gasteiger partial charge is 0.167 e. The summed E-state index contributed by atoms with van der Waals surface area (Å²) in [5, 5.41) is 14.2. The number of para-hydroxylation sites is 7. The SMILES string of the molecule is Cc1ccccc1-n1c2ccccc2c2cc(-c3ccc4c(c3)c3cc(-c5ccc6oc7c(-c8nc(-c9ccccc9)nc(-c9ccccc9)n8)cccc7c6c5)ccc3n4-c3ccccc3C)ccc21.c1ccc(-c2nc(-c3ccccc3)nc(-c3cccc4c3sc3ccc(-c5ccc6c(c5)c5cc(-c7ccc8c(c7)c7ccccc7n8-c7ccccc7)ccc5n6-c5ccccc5)cc34)n2)cc1. The van der Waals surface area contributed by atoms with Crippen molar-refractivity contribution < 1.29 is 4.42 Å². The second kappa shape index (κ2) is 33.3. The third-order valence-corrected chi connectivity index (χ3v) is 29.0. The highest BCUT2D eigenvalue weighted by Gasteiger charge is 2.26. The Morgan fingerprint density at radius 2 is 0.479 bits per heavy atom. The maximum absolute atomic E-state index is 6.74. The van der Waals surface area contributed by atoms with Crippen LogP contribution in [-0.2, 0) is 0 Å². The predicted octanol–water partition coefficient (Wildman–Crippen LogP) is 33.7. The molecule has 28 aromatic rings. The van der Waals surface area contributed by atoms with Gasteiger partial charge in [0, 0.05) is 125 Å². The molecule has 0 radical (unpaired) electrons. The molecule has 0 saturated heterocycles. The first-order chi connectivity index (χ1) is 69.2. The molecule has 28 rings (SSSR count). The monoisotopic (exact) mass is 1810 g/mol. The summed E-state index contributed by atoms with van der Waals surface area (Å²) >= 11 is 1.79. The Morgan fingerprint density at radius 1 is 0.193 bits per heavy atom. The molecule has 20 aromatic carbocycles. The third-order valence-electron chi connectivity index (χ3n) is 27.8. The van der Waals surface area contributed by atoms with Crippen molar-refractivity contribution in [2.24, 2.45) is 0 Å². The van der Waals surface area contributed by atoms with Gasteiger partial charge in [0.2, 0.25) is 0 Å². The number of aryl methyl sites for hydroxylation is 2. The van der Waals surface area contributed by atoms with E-state index in [1.807, 2.05) is 103 Å². The molecule has 0 atom stereocenters. The molecule has 140 heavy (non-hydrogen) atoms. The standard InChI is InChI=1S/C65H43N5O.C63H39N5S/c1-40-16-9-12-25-55(40)69-57-27-14-11-22-48(57)51-36-44(28-32-58(51)69)45-29-33-59-52(37-45)53-38-46(30-34-60(53)70(59)56-26-13-10-17-41(56)2)47-31-35-61-54(39-47)49-23-15-24-50(62(49)71-61)65-67-63(42-18-5-3-6-19-42)66-64(68-65)43-20-7-4-8-21-43;1-5-16-40(17-6-1)61-64-62(41-18-7-2-8-19-41)66-63(65-61)50-26-15-25-49-54-39-45(31-35-59(54)69-60(49)50)44-30-34-58-53(38-44)52-37-43(29-33-57(52)68(58)47-22-11-4-12-23-47)42-28-32-56-51(36-42)48-24-13-14-27-55(48)67(56)46-20-9-3-10-21-46/h3-39H,1-2H3;1-39H. The van der Waals surface area contributed by atoms with Crippen LogP contribution >= 0.6 is 11.3 Å². The van der Waals surface area contributed by atoms with Crippen LogP contribution in [0, 0.1) is 13.8 Å². The van der Waals surface area contributed by atoms with Crippen LogP contribution in [0.4, 0.5) is 0 Å². The summed E-state index contributed by atoms with van der Waals surface area (Å²) < 4.78 is 18.7. The van der Waals surface area contributed by atoms with Crippen molar-refractivity contribution in [3.8, 4) is 136 Å². The van der Waals surface area contributed by atoms with Crippen LogP contribution in [0.2, 0.25) is 0 Å². The molecule has 0 bridgehead atoms. The number of nitrogens with zero attached hydrogens (tertiary/aromatic N) is 10. The predicted molar refractivity (Wildman–Crippen MR) is 581 cm³/mol. The van der Waals surface area contributed by atoms with Crippen LogP contribution in [-0.4, -0.2) is 48.2 Å². The largest absolute Gasteiger partial charge is 0.455 e. The van der Waals surface area contributed by atoms with E-state index in [0.29, 0.717) is 34.9 Å². The van der Waals surface area contributed by atoms with E-state index < -0.39 is 0 Å². The third kappa shape index (κ3) is 13.8. The second-order valence-electron chi connectivity index (χ2n) is 36.1. The molecule has 11 nitrogen and oxygen atoms in total. The van der Waals surface area contributed by atoms with Crippen LogP contribution in [0.1, 0.15) is 11.1 Å². The lowest BCUT2D eigenvalue weighted by Gasteiger charge is -2.12. The number of rotatable bonds is 14. The van der Waals surface area contributed by atoms with Gasteiger partial charge in [0.05, 0.1) is 49.7 Å². The molecule has 0 unspecified atom stereocenters. The van der Waals surface area contributed by atoms with Gasteiger partial charge in [-0.1, -0.05) is 303 Å². The molecule has 656 valence electrons. The van der Waals surface area contributed by atoms with E-state index in [1.54, 1.807) is 11.3 Å². The molecular formula is C128H82N10OS. The molecule has 0 saturated carbocycles. The number of thiophene rings is 1. The average molecular weight is 1810 g/mol. The van der Waals surface area contributed by atoms with E-state index in [9.17, 15) is 0 Å². The van der Waals surface area contributed by atoms with Crippen molar-refractivity contribution in [2.75, 3.05) is 0 Å². The fourth-order valence-electron chi connectivity index (χ4n) is 21.1. The summed E-state index contributed by atoms with van der Waals surface area (Å²) in [5.74, 6) is 3.76. The van der Waals surface area contributed by atoms with Gasteiger partial charge >= 0.3 is 0 Å². The van der Waals surface area contributed by atoms with Crippen molar-refractivity contribution in [3.05, 3.63) is 472 Å². The lowest BCUT2D eigenvalue weighted by atomic mass is 9.98. The Balaban J connectivity index is 0.000000141. The first-order valence-corrected chi connectivity index (χ1v) is 48.2. The van der Waals surface area contributed by atoms with Gasteiger partial charge in [-0.3, -0.25) is 0 Å². The number of hydrogen-bond donors (Lipinski definition) is 0. The molecule has 0 fully saturated rings. The van der Waals surface area contributed by atoms with Crippen LogP contribution in [0.15, 0.2) is 465 Å². The Labute approximate surface area is 809 Å². The zero-order valence-electron chi connectivity index (χ0n) is 76.2. The highest BCUT2D eigenvalue weighted by Crippen LogP contribution is 2.48. The fourth-order valence-corrected chi connectivity index (χ4v) is 22.3. The zero-order chi connectivity index (χ0) is 92.6. The topological polar surface area (TPSA) is 110 Å². The summed E-state index contributed by atoms with van der Waals surface area (Å²) in [7, 11) is 0. The van der Waals surface area contributed by atoms with Crippen molar-refractivity contribution in [2.45, 2.75) is 13.8 Å². The van der Waals surface area contributed by atoms with Crippen molar-refractivity contribution in [3.63, 3.8) is 0 Å². The van der Waals surface area contributed by atoms with E-state index in [2.05, 4.69) is 390 Å². The molecule has 0 amide bonds. The summed E-state index contributed by atoms with van der Waals surface area (Å²) in [6, 6.07) is 165. The van der Waals surface area contributed by atoms with Gasteiger partial charge in [-0.05, 0) is 227 Å². The molecular weight excluding hydrogens is 1730 g/mol. The van der Waals surface area contributed by atoms with Gasteiger partial charge in [0.15, 0.2) is 34.9 Å². The van der Waals surface area contributed by atoms with Crippen molar-refractivity contribution in [1.82, 2.24) is 48.2 Å². The van der Waals surface area contributed by atoms with Gasteiger partial charge < -0.3 is 22.7 Å².